The fourth-order valence-electron chi connectivity index (χ4n) is 3.59. The van der Waals surface area contributed by atoms with Crippen molar-refractivity contribution in [3.8, 4) is 0 Å². The van der Waals surface area contributed by atoms with Crippen LogP contribution in [-0.2, 0) is 4.74 Å². The number of ether oxygens (including phenoxy) is 1. The molecule has 2 nitrogen and oxygen atoms in total. The smallest absolute Gasteiger partial charge is 0.0965 e. The van der Waals surface area contributed by atoms with E-state index in [1.807, 2.05) is 24.3 Å². The minimum absolute atomic E-state index is 0.102. The zero-order valence-corrected chi connectivity index (χ0v) is 13.5. The van der Waals surface area contributed by atoms with Crippen molar-refractivity contribution in [3.05, 3.63) is 34.9 Å². The third kappa shape index (κ3) is 3.97. The molecule has 1 aliphatic carbocycles. The first-order valence-corrected chi connectivity index (χ1v) is 7.89. The van der Waals surface area contributed by atoms with Gasteiger partial charge in [0, 0.05) is 17.1 Å². The number of nitrogens with two attached hydrogens (primary N) is 1. The number of halogens is 1. The van der Waals surface area contributed by atoms with Crippen LogP contribution >= 0.6 is 11.6 Å². The van der Waals surface area contributed by atoms with E-state index in [1.54, 1.807) is 0 Å². The fraction of sp³-hybridized carbons (Fsp3) is 0.647. The van der Waals surface area contributed by atoms with Crippen LogP contribution in [0.4, 0.5) is 0 Å². The van der Waals surface area contributed by atoms with Crippen LogP contribution in [-0.4, -0.2) is 12.6 Å². The lowest BCUT2D eigenvalue weighted by Gasteiger charge is -2.40. The minimum atomic E-state index is -0.102. The van der Waals surface area contributed by atoms with Gasteiger partial charge < -0.3 is 10.5 Å². The quantitative estimate of drug-likeness (QED) is 0.883. The third-order valence-corrected chi connectivity index (χ3v) is 4.51. The Bertz CT molecular complexity index is 446. The van der Waals surface area contributed by atoms with E-state index in [9.17, 15) is 0 Å². The van der Waals surface area contributed by atoms with Crippen molar-refractivity contribution >= 4 is 11.6 Å². The van der Waals surface area contributed by atoms with E-state index in [4.69, 9.17) is 22.1 Å². The van der Waals surface area contributed by atoms with Gasteiger partial charge in [-0.3, -0.25) is 0 Å². The van der Waals surface area contributed by atoms with Gasteiger partial charge in [-0.2, -0.15) is 0 Å². The predicted molar refractivity (Wildman–Crippen MR) is 84.9 cm³/mol. The van der Waals surface area contributed by atoms with E-state index in [1.165, 1.54) is 6.42 Å². The van der Waals surface area contributed by atoms with Crippen molar-refractivity contribution in [1.29, 1.82) is 0 Å². The molecule has 2 rings (SSSR count). The van der Waals surface area contributed by atoms with Gasteiger partial charge in [-0.1, -0.05) is 50.6 Å². The first-order chi connectivity index (χ1) is 9.41. The molecule has 1 aromatic carbocycles. The first kappa shape index (κ1) is 15.8. The molecule has 1 aromatic rings. The molecule has 3 unspecified atom stereocenters. The van der Waals surface area contributed by atoms with Gasteiger partial charge in [0.25, 0.3) is 0 Å². The summed E-state index contributed by atoms with van der Waals surface area (Å²) in [6.07, 6.45) is 3.66. The minimum Gasteiger partial charge on any atom is -0.369 e. The molecule has 2 N–H and O–H groups in total. The summed E-state index contributed by atoms with van der Waals surface area (Å²) >= 11 is 6.26. The Kier molecular flexibility index (Phi) is 5.11. The van der Waals surface area contributed by atoms with E-state index in [0.29, 0.717) is 17.9 Å². The Morgan fingerprint density at radius 2 is 2.05 bits per heavy atom. The maximum Gasteiger partial charge on any atom is 0.0965 e. The molecule has 0 radical (unpaired) electrons. The van der Waals surface area contributed by atoms with E-state index >= 15 is 0 Å². The Labute approximate surface area is 127 Å². The van der Waals surface area contributed by atoms with Crippen LogP contribution in [0.25, 0.3) is 0 Å². The molecule has 0 saturated heterocycles. The highest BCUT2D eigenvalue weighted by Gasteiger charge is 2.34. The normalized spacial score (nSPS) is 27.2. The van der Waals surface area contributed by atoms with Gasteiger partial charge in [-0.25, -0.2) is 0 Å². The van der Waals surface area contributed by atoms with Crippen LogP contribution in [0, 0.1) is 11.3 Å². The average Bonchev–Trinajstić information content (AvgIpc) is 2.34. The maximum atomic E-state index is 6.30. The van der Waals surface area contributed by atoms with Crippen LogP contribution in [0.1, 0.15) is 51.7 Å². The monoisotopic (exact) mass is 295 g/mol. The third-order valence-electron chi connectivity index (χ3n) is 4.17. The van der Waals surface area contributed by atoms with Gasteiger partial charge >= 0.3 is 0 Å². The molecule has 1 fully saturated rings. The lowest BCUT2D eigenvalue weighted by atomic mass is 9.71. The van der Waals surface area contributed by atoms with E-state index in [2.05, 4.69) is 20.8 Å². The van der Waals surface area contributed by atoms with E-state index in [-0.39, 0.29) is 12.2 Å². The van der Waals surface area contributed by atoms with Crippen molar-refractivity contribution in [2.24, 2.45) is 17.1 Å². The van der Waals surface area contributed by atoms with E-state index < -0.39 is 0 Å². The molecular formula is C17H26ClNO. The van der Waals surface area contributed by atoms with Crippen LogP contribution in [0.2, 0.25) is 5.02 Å². The number of hydrogen-bond acceptors (Lipinski definition) is 2. The lowest BCUT2D eigenvalue weighted by Crippen LogP contribution is -2.34. The van der Waals surface area contributed by atoms with Gasteiger partial charge in [-0.15, -0.1) is 0 Å². The highest BCUT2D eigenvalue weighted by atomic mass is 35.5. The molecule has 0 aliphatic heterocycles. The molecule has 112 valence electrons. The lowest BCUT2D eigenvalue weighted by molar-refractivity contribution is -0.0635. The SMILES string of the molecule is CC1CC(OC(CN)c2ccccc2Cl)CC(C)(C)C1. The molecule has 0 amide bonds. The number of benzene rings is 1. The molecule has 3 heteroatoms. The molecule has 0 spiro atoms. The highest BCUT2D eigenvalue weighted by Crippen LogP contribution is 2.41. The first-order valence-electron chi connectivity index (χ1n) is 7.51. The molecule has 1 aliphatic rings. The maximum absolute atomic E-state index is 6.30. The molecular weight excluding hydrogens is 270 g/mol. The second kappa shape index (κ2) is 6.46. The van der Waals surface area contributed by atoms with E-state index in [0.717, 1.165) is 23.4 Å². The predicted octanol–water partition coefficient (Wildman–Crippen LogP) is 4.57. The summed E-state index contributed by atoms with van der Waals surface area (Å²) in [7, 11) is 0. The standard InChI is InChI=1S/C17H26ClNO/c1-12-8-13(10-17(2,3)9-12)20-16(11-19)14-6-4-5-7-15(14)18/h4-7,12-13,16H,8-11,19H2,1-3H3. The summed E-state index contributed by atoms with van der Waals surface area (Å²) in [5.74, 6) is 0.702. The zero-order chi connectivity index (χ0) is 14.8. The van der Waals surface area contributed by atoms with Gasteiger partial charge in [0.05, 0.1) is 12.2 Å². The summed E-state index contributed by atoms with van der Waals surface area (Å²) in [5, 5.41) is 0.742. The number of rotatable bonds is 4. The molecule has 3 atom stereocenters. The van der Waals surface area contributed by atoms with Gasteiger partial charge in [0.1, 0.15) is 0 Å². The Balaban J connectivity index is 2.09. The Morgan fingerprint density at radius 1 is 1.35 bits per heavy atom. The molecule has 20 heavy (non-hydrogen) atoms. The largest absolute Gasteiger partial charge is 0.369 e. The molecule has 0 aromatic heterocycles. The fourth-order valence-corrected chi connectivity index (χ4v) is 3.84. The second-order valence-corrected chi connectivity index (χ2v) is 7.32. The summed E-state index contributed by atoms with van der Waals surface area (Å²) in [5.41, 5.74) is 7.27. The van der Waals surface area contributed by atoms with Crippen LogP contribution in [0.15, 0.2) is 24.3 Å². The molecule has 0 bridgehead atoms. The summed E-state index contributed by atoms with van der Waals surface area (Å²) in [6.45, 7) is 7.43. The van der Waals surface area contributed by atoms with Crippen molar-refractivity contribution in [2.45, 2.75) is 52.2 Å². The van der Waals surface area contributed by atoms with Crippen molar-refractivity contribution < 1.29 is 4.74 Å². The number of hydrogen-bond donors (Lipinski definition) is 1. The molecule has 0 heterocycles. The summed E-state index contributed by atoms with van der Waals surface area (Å²) in [6, 6.07) is 7.83. The van der Waals surface area contributed by atoms with Crippen LogP contribution < -0.4 is 5.73 Å². The Morgan fingerprint density at radius 3 is 2.65 bits per heavy atom. The summed E-state index contributed by atoms with van der Waals surface area (Å²) < 4.78 is 6.30. The van der Waals surface area contributed by atoms with Crippen molar-refractivity contribution in [2.75, 3.05) is 6.54 Å². The van der Waals surface area contributed by atoms with Gasteiger partial charge in [0.15, 0.2) is 0 Å². The summed E-state index contributed by atoms with van der Waals surface area (Å²) in [4.78, 5) is 0. The van der Waals surface area contributed by atoms with Gasteiger partial charge in [-0.05, 0) is 36.7 Å². The topological polar surface area (TPSA) is 35.2 Å². The Hall–Kier alpha value is -0.570. The van der Waals surface area contributed by atoms with Crippen molar-refractivity contribution in [1.82, 2.24) is 0 Å². The average molecular weight is 296 g/mol. The molecule has 1 saturated carbocycles. The van der Waals surface area contributed by atoms with Crippen LogP contribution in [0.3, 0.4) is 0 Å². The van der Waals surface area contributed by atoms with Crippen LogP contribution in [0.5, 0.6) is 0 Å². The second-order valence-electron chi connectivity index (χ2n) is 6.92. The van der Waals surface area contributed by atoms with Crippen molar-refractivity contribution in [3.63, 3.8) is 0 Å². The zero-order valence-electron chi connectivity index (χ0n) is 12.7. The highest BCUT2D eigenvalue weighted by molar-refractivity contribution is 6.31. The van der Waals surface area contributed by atoms with Gasteiger partial charge in [0.2, 0.25) is 0 Å².